The highest BCUT2D eigenvalue weighted by molar-refractivity contribution is 6.21. The molecule has 7 heteroatoms. The topological polar surface area (TPSA) is 90.9 Å². The van der Waals surface area contributed by atoms with Crippen LogP contribution in [0, 0.1) is 0 Å². The molecular weight excluding hydrogens is 370 g/mol. The minimum Gasteiger partial charge on any atom is -0.505 e. The second-order valence-electron chi connectivity index (χ2n) is 7.59. The van der Waals surface area contributed by atoms with Crippen molar-refractivity contribution in [1.82, 2.24) is 10.2 Å². The van der Waals surface area contributed by atoms with Gasteiger partial charge in [-0.2, -0.15) is 0 Å². The number of ketones is 1. The van der Waals surface area contributed by atoms with Gasteiger partial charge in [0.25, 0.3) is 5.91 Å². The van der Waals surface area contributed by atoms with Crippen molar-refractivity contribution >= 4 is 17.4 Å². The van der Waals surface area contributed by atoms with Gasteiger partial charge in [0.15, 0.2) is 5.75 Å². The minimum absolute atomic E-state index is 0.00769. The van der Waals surface area contributed by atoms with E-state index in [0.29, 0.717) is 17.0 Å². The van der Waals surface area contributed by atoms with E-state index in [0.717, 1.165) is 12.8 Å². The number of hydrogen-bond acceptors (Lipinski definition) is 6. The number of hydrogen-bond donors (Lipinski definition) is 3. The summed E-state index contributed by atoms with van der Waals surface area (Å²) in [6.07, 6.45) is 3.40. The van der Waals surface area contributed by atoms with E-state index in [9.17, 15) is 14.7 Å². The molecule has 29 heavy (non-hydrogen) atoms. The van der Waals surface area contributed by atoms with Gasteiger partial charge < -0.3 is 25.4 Å². The maximum absolute atomic E-state index is 12.4. The molecule has 1 aliphatic heterocycles. The van der Waals surface area contributed by atoms with E-state index in [1.54, 1.807) is 32.5 Å². The zero-order chi connectivity index (χ0) is 21.3. The summed E-state index contributed by atoms with van der Waals surface area (Å²) in [7, 11) is 3.22. The number of phenolic OH excluding ortho intramolecular Hbond substituents is 1. The maximum atomic E-state index is 12.4. The molecule has 0 radical (unpaired) electrons. The Morgan fingerprint density at radius 1 is 1.38 bits per heavy atom. The smallest absolute Gasteiger partial charge is 0.257 e. The Labute approximate surface area is 170 Å². The first-order chi connectivity index (χ1) is 13.7. The van der Waals surface area contributed by atoms with Crippen molar-refractivity contribution in [2.75, 3.05) is 19.4 Å². The summed E-state index contributed by atoms with van der Waals surface area (Å²) in [6.45, 7) is 7.92. The maximum Gasteiger partial charge on any atom is 0.257 e. The number of para-hydroxylation sites is 1. The molecule has 1 unspecified atom stereocenters. The number of carbonyl (C=O) groups is 2. The number of aromatic hydroxyl groups is 1. The van der Waals surface area contributed by atoms with Crippen LogP contribution in [0.25, 0.3) is 0 Å². The Morgan fingerprint density at radius 3 is 2.69 bits per heavy atom. The number of rotatable bonds is 7. The molecule has 0 bridgehead atoms. The zero-order valence-corrected chi connectivity index (χ0v) is 17.2. The number of anilines is 1. The number of Topliss-reactive ketones (excluding diaryl/α,β-unsaturated/α-hetero) is 1. The third kappa shape index (κ3) is 3.85. The number of ether oxygens (including phenoxy) is 1. The van der Waals surface area contributed by atoms with Crippen LogP contribution in [0.5, 0.6) is 5.75 Å². The normalized spacial score (nSPS) is 19.3. The van der Waals surface area contributed by atoms with Gasteiger partial charge in [-0.1, -0.05) is 19.6 Å². The summed E-state index contributed by atoms with van der Waals surface area (Å²) in [5.74, 6) is -0.753. The van der Waals surface area contributed by atoms with E-state index in [1.807, 2.05) is 13.8 Å². The lowest BCUT2D eigenvalue weighted by Crippen LogP contribution is -2.44. The van der Waals surface area contributed by atoms with Gasteiger partial charge in [0.1, 0.15) is 11.8 Å². The second kappa shape index (κ2) is 8.03. The van der Waals surface area contributed by atoms with E-state index < -0.39 is 0 Å². The van der Waals surface area contributed by atoms with Crippen molar-refractivity contribution in [3.63, 3.8) is 0 Å². The first-order valence-electron chi connectivity index (χ1n) is 9.61. The number of amides is 1. The lowest BCUT2D eigenvalue weighted by molar-refractivity contribution is -0.113. The summed E-state index contributed by atoms with van der Waals surface area (Å²) in [4.78, 5) is 26.0. The van der Waals surface area contributed by atoms with Crippen molar-refractivity contribution in [2.45, 2.75) is 38.8 Å². The van der Waals surface area contributed by atoms with Crippen LogP contribution in [0.1, 0.15) is 37.0 Å². The van der Waals surface area contributed by atoms with Crippen LogP contribution < -0.4 is 10.6 Å². The van der Waals surface area contributed by atoms with Gasteiger partial charge in [-0.05, 0) is 31.1 Å². The van der Waals surface area contributed by atoms with Crippen LogP contribution in [0.15, 0.2) is 53.6 Å². The largest absolute Gasteiger partial charge is 0.505 e. The third-order valence-electron chi connectivity index (χ3n) is 5.17. The predicted octanol–water partition coefficient (Wildman–Crippen LogP) is 2.92. The Hall–Kier alpha value is -3.22. The number of nitrogens with zero attached hydrogens (tertiary/aromatic N) is 1. The fourth-order valence-electron chi connectivity index (χ4n) is 3.43. The molecule has 0 spiro atoms. The van der Waals surface area contributed by atoms with Crippen LogP contribution in [0.2, 0.25) is 0 Å². The van der Waals surface area contributed by atoms with Crippen LogP contribution in [0.4, 0.5) is 5.69 Å². The van der Waals surface area contributed by atoms with Crippen LogP contribution in [-0.2, 0) is 9.53 Å². The Balaban J connectivity index is 1.84. The van der Waals surface area contributed by atoms with Gasteiger partial charge in [-0.15, -0.1) is 0 Å². The minimum atomic E-state index is -0.324. The quantitative estimate of drug-likeness (QED) is 0.484. The van der Waals surface area contributed by atoms with Crippen molar-refractivity contribution in [3.8, 4) is 5.75 Å². The van der Waals surface area contributed by atoms with Gasteiger partial charge in [-0.3, -0.25) is 9.59 Å². The fraction of sp³-hybridized carbons (Fsp3) is 0.364. The van der Waals surface area contributed by atoms with Gasteiger partial charge in [-0.25, -0.2) is 0 Å². The summed E-state index contributed by atoms with van der Waals surface area (Å²) >= 11 is 0. The SMILES string of the molecule is C=C1C(=O)C(Nc2cccc(C(=O)N(C)C)c2O)=C1N[C@H](CC)C1CC(C)=CO1. The van der Waals surface area contributed by atoms with Gasteiger partial charge in [0, 0.05) is 26.1 Å². The standard InChI is InChI=1S/C22H27N3O4/c1-6-15(17-10-12(2)11-29-17)23-18-13(3)20(26)19(18)24-16-9-7-8-14(21(16)27)22(28)25(4)5/h7-9,11,15,17,23-24,27H,3,6,10H2,1-2,4-5H3/t15-,17?/m1/s1. The van der Waals surface area contributed by atoms with E-state index in [1.165, 1.54) is 16.5 Å². The Kier molecular flexibility index (Phi) is 5.68. The fourth-order valence-corrected chi connectivity index (χ4v) is 3.43. The first kappa shape index (κ1) is 20.5. The lowest BCUT2D eigenvalue weighted by atomic mass is 9.91. The molecule has 3 N–H and O–H groups in total. The van der Waals surface area contributed by atoms with Gasteiger partial charge >= 0.3 is 0 Å². The number of phenols is 1. The molecule has 7 nitrogen and oxygen atoms in total. The van der Waals surface area contributed by atoms with E-state index in [4.69, 9.17) is 4.74 Å². The first-order valence-corrected chi connectivity index (χ1v) is 9.61. The van der Waals surface area contributed by atoms with Crippen molar-refractivity contribution in [3.05, 3.63) is 59.1 Å². The summed E-state index contributed by atoms with van der Waals surface area (Å²) in [6, 6.07) is 4.82. The molecule has 3 rings (SSSR count). The average Bonchev–Trinajstić information content (AvgIpc) is 3.13. The van der Waals surface area contributed by atoms with E-state index in [-0.39, 0.29) is 40.8 Å². The molecule has 2 aliphatic rings. The third-order valence-corrected chi connectivity index (χ3v) is 5.17. The Bertz CT molecular complexity index is 930. The zero-order valence-electron chi connectivity index (χ0n) is 17.2. The average molecular weight is 397 g/mol. The number of benzene rings is 1. The molecule has 1 amide bonds. The summed E-state index contributed by atoms with van der Waals surface area (Å²) < 4.78 is 5.72. The second-order valence-corrected chi connectivity index (χ2v) is 7.59. The number of nitrogens with one attached hydrogen (secondary N) is 2. The monoisotopic (exact) mass is 397 g/mol. The van der Waals surface area contributed by atoms with Crippen LogP contribution in [0.3, 0.4) is 0 Å². The molecule has 1 aromatic carbocycles. The highest BCUT2D eigenvalue weighted by atomic mass is 16.5. The Morgan fingerprint density at radius 2 is 2.10 bits per heavy atom. The van der Waals surface area contributed by atoms with Crippen molar-refractivity contribution < 1.29 is 19.4 Å². The molecule has 1 aliphatic carbocycles. The molecule has 154 valence electrons. The van der Waals surface area contributed by atoms with Gasteiger partial charge in [0.05, 0.1) is 29.3 Å². The highest BCUT2D eigenvalue weighted by Gasteiger charge is 2.36. The number of allylic oxidation sites excluding steroid dienone is 2. The van der Waals surface area contributed by atoms with E-state index in [2.05, 4.69) is 17.2 Å². The number of carbonyl (C=O) groups excluding carboxylic acids is 2. The molecule has 0 aromatic heterocycles. The molecule has 0 saturated carbocycles. The predicted molar refractivity (Wildman–Crippen MR) is 111 cm³/mol. The molecular formula is C22H27N3O4. The van der Waals surface area contributed by atoms with Gasteiger partial charge in [0.2, 0.25) is 5.78 Å². The summed E-state index contributed by atoms with van der Waals surface area (Å²) in [5.41, 5.74) is 2.94. The lowest BCUT2D eigenvalue weighted by Gasteiger charge is -2.32. The van der Waals surface area contributed by atoms with Crippen LogP contribution >= 0.6 is 0 Å². The molecule has 0 fully saturated rings. The molecule has 2 atom stereocenters. The molecule has 1 aromatic rings. The molecule has 0 saturated heterocycles. The van der Waals surface area contributed by atoms with E-state index >= 15 is 0 Å². The summed E-state index contributed by atoms with van der Waals surface area (Å²) in [5, 5.41) is 16.9. The molecule has 1 heterocycles. The van der Waals surface area contributed by atoms with Crippen molar-refractivity contribution in [2.24, 2.45) is 0 Å². The highest BCUT2D eigenvalue weighted by Crippen LogP contribution is 2.35. The van der Waals surface area contributed by atoms with Crippen LogP contribution in [-0.4, -0.2) is 47.9 Å². The van der Waals surface area contributed by atoms with Crippen molar-refractivity contribution in [1.29, 1.82) is 0 Å².